The highest BCUT2D eigenvalue weighted by atomic mass is 16.5. The molecule has 1 saturated heterocycles. The molecule has 1 rings (SSSR count). The Labute approximate surface area is 86.4 Å². The summed E-state index contributed by atoms with van der Waals surface area (Å²) < 4.78 is 5.67. The van der Waals surface area contributed by atoms with Crippen molar-refractivity contribution in [2.45, 2.75) is 40.2 Å². The van der Waals surface area contributed by atoms with E-state index in [1.54, 1.807) is 0 Å². The number of carbonyl (C=O) groups excluding carboxylic acids is 1. The fourth-order valence-corrected chi connectivity index (χ4v) is 1.62. The molecule has 0 spiro atoms. The van der Waals surface area contributed by atoms with Crippen LogP contribution in [0.25, 0.3) is 0 Å². The van der Waals surface area contributed by atoms with Crippen molar-refractivity contribution >= 4 is 5.91 Å². The van der Waals surface area contributed by atoms with Gasteiger partial charge in [0.1, 0.15) is 0 Å². The lowest BCUT2D eigenvalue weighted by Gasteiger charge is -2.39. The van der Waals surface area contributed by atoms with Crippen molar-refractivity contribution in [2.75, 3.05) is 19.7 Å². The number of nitrogens with zero attached hydrogens (tertiary/aromatic N) is 1. The van der Waals surface area contributed by atoms with E-state index in [1.165, 1.54) is 0 Å². The van der Waals surface area contributed by atoms with E-state index in [9.17, 15) is 4.79 Å². The molecular weight excluding hydrogens is 178 g/mol. The van der Waals surface area contributed by atoms with E-state index in [0.717, 1.165) is 13.1 Å². The van der Waals surface area contributed by atoms with E-state index in [4.69, 9.17) is 4.74 Å². The lowest BCUT2D eigenvalue weighted by molar-refractivity contribution is -0.143. The van der Waals surface area contributed by atoms with Gasteiger partial charge >= 0.3 is 0 Å². The van der Waals surface area contributed by atoms with Crippen LogP contribution in [0.1, 0.15) is 34.1 Å². The van der Waals surface area contributed by atoms with E-state index in [1.807, 2.05) is 11.8 Å². The number of amides is 1. The Morgan fingerprint density at radius 2 is 2.14 bits per heavy atom. The molecule has 0 saturated carbocycles. The predicted octanol–water partition coefficient (Wildman–Crippen LogP) is 1.67. The molecule has 1 unspecified atom stereocenters. The Hall–Kier alpha value is -0.570. The normalized spacial score (nSPS) is 23.7. The van der Waals surface area contributed by atoms with Crippen LogP contribution in [-0.2, 0) is 9.53 Å². The number of hydrogen-bond donors (Lipinski definition) is 0. The smallest absolute Gasteiger partial charge is 0.222 e. The SMILES string of the molecule is CCC(=O)N1CCOC(C(C)(C)C)C1. The lowest BCUT2D eigenvalue weighted by Crippen LogP contribution is -2.49. The molecule has 0 bridgehead atoms. The van der Waals surface area contributed by atoms with Crippen LogP contribution in [0.2, 0.25) is 0 Å². The van der Waals surface area contributed by atoms with Crippen molar-refractivity contribution in [1.82, 2.24) is 4.90 Å². The monoisotopic (exact) mass is 199 g/mol. The molecular formula is C11H21NO2. The van der Waals surface area contributed by atoms with Crippen LogP contribution >= 0.6 is 0 Å². The van der Waals surface area contributed by atoms with Crippen molar-refractivity contribution < 1.29 is 9.53 Å². The summed E-state index contributed by atoms with van der Waals surface area (Å²) in [6.07, 6.45) is 0.767. The van der Waals surface area contributed by atoms with Crippen molar-refractivity contribution in [3.05, 3.63) is 0 Å². The second kappa shape index (κ2) is 4.30. The number of rotatable bonds is 1. The highest BCUT2D eigenvalue weighted by molar-refractivity contribution is 5.75. The van der Waals surface area contributed by atoms with Crippen LogP contribution in [0, 0.1) is 5.41 Å². The zero-order chi connectivity index (χ0) is 10.8. The molecule has 1 fully saturated rings. The van der Waals surface area contributed by atoms with Crippen LogP contribution in [0.4, 0.5) is 0 Å². The number of morpholine rings is 1. The average molecular weight is 199 g/mol. The third kappa shape index (κ3) is 2.71. The molecule has 1 aliphatic heterocycles. The molecule has 0 radical (unpaired) electrons. The summed E-state index contributed by atoms with van der Waals surface area (Å²) in [5, 5.41) is 0. The van der Waals surface area contributed by atoms with Gasteiger partial charge < -0.3 is 9.64 Å². The van der Waals surface area contributed by atoms with Crippen LogP contribution in [0.3, 0.4) is 0 Å². The Morgan fingerprint density at radius 3 is 2.64 bits per heavy atom. The molecule has 1 amide bonds. The van der Waals surface area contributed by atoms with Gasteiger partial charge in [-0.05, 0) is 5.41 Å². The van der Waals surface area contributed by atoms with Gasteiger partial charge in [0.05, 0.1) is 12.7 Å². The molecule has 1 heterocycles. The van der Waals surface area contributed by atoms with Gasteiger partial charge in [-0.2, -0.15) is 0 Å². The zero-order valence-corrected chi connectivity index (χ0v) is 9.67. The first-order chi connectivity index (χ1) is 6.45. The van der Waals surface area contributed by atoms with Gasteiger partial charge in [-0.25, -0.2) is 0 Å². The first-order valence-electron chi connectivity index (χ1n) is 5.34. The highest BCUT2D eigenvalue weighted by Gasteiger charge is 2.31. The van der Waals surface area contributed by atoms with Crippen LogP contribution in [0.15, 0.2) is 0 Å². The van der Waals surface area contributed by atoms with Crippen molar-refractivity contribution in [1.29, 1.82) is 0 Å². The maximum Gasteiger partial charge on any atom is 0.222 e. The first kappa shape index (κ1) is 11.5. The molecule has 14 heavy (non-hydrogen) atoms. The van der Waals surface area contributed by atoms with E-state index in [0.29, 0.717) is 13.0 Å². The molecule has 0 aromatic heterocycles. The number of ether oxygens (including phenoxy) is 1. The minimum Gasteiger partial charge on any atom is -0.374 e. The molecule has 0 aromatic rings. The van der Waals surface area contributed by atoms with E-state index in [-0.39, 0.29) is 17.4 Å². The van der Waals surface area contributed by atoms with Crippen LogP contribution in [-0.4, -0.2) is 36.6 Å². The van der Waals surface area contributed by atoms with Gasteiger partial charge in [0, 0.05) is 19.5 Å². The quantitative estimate of drug-likeness (QED) is 0.643. The van der Waals surface area contributed by atoms with Crippen molar-refractivity contribution in [3.8, 4) is 0 Å². The average Bonchev–Trinajstić information content (AvgIpc) is 2.15. The predicted molar refractivity (Wildman–Crippen MR) is 56.1 cm³/mol. The largest absolute Gasteiger partial charge is 0.374 e. The summed E-state index contributed by atoms with van der Waals surface area (Å²) in [5.74, 6) is 0.238. The Kier molecular flexibility index (Phi) is 3.53. The molecule has 3 heteroatoms. The van der Waals surface area contributed by atoms with Gasteiger partial charge in [0.25, 0.3) is 0 Å². The summed E-state index contributed by atoms with van der Waals surface area (Å²) in [6.45, 7) is 10.5. The van der Waals surface area contributed by atoms with Crippen LogP contribution < -0.4 is 0 Å². The minimum absolute atomic E-state index is 0.118. The number of hydrogen-bond acceptors (Lipinski definition) is 2. The minimum atomic E-state index is 0.118. The fraction of sp³-hybridized carbons (Fsp3) is 0.909. The van der Waals surface area contributed by atoms with Crippen LogP contribution in [0.5, 0.6) is 0 Å². The maximum absolute atomic E-state index is 11.5. The van der Waals surface area contributed by atoms with Gasteiger partial charge in [-0.15, -0.1) is 0 Å². The summed E-state index contributed by atoms with van der Waals surface area (Å²) in [4.78, 5) is 13.4. The molecule has 82 valence electrons. The third-order valence-electron chi connectivity index (χ3n) is 2.69. The first-order valence-corrected chi connectivity index (χ1v) is 5.34. The molecule has 3 nitrogen and oxygen atoms in total. The van der Waals surface area contributed by atoms with Gasteiger partial charge in [0.15, 0.2) is 0 Å². The van der Waals surface area contributed by atoms with E-state index >= 15 is 0 Å². The van der Waals surface area contributed by atoms with Crippen molar-refractivity contribution in [3.63, 3.8) is 0 Å². The third-order valence-corrected chi connectivity index (χ3v) is 2.69. The Balaban J connectivity index is 2.56. The van der Waals surface area contributed by atoms with Gasteiger partial charge in [0.2, 0.25) is 5.91 Å². The lowest BCUT2D eigenvalue weighted by atomic mass is 9.88. The molecule has 0 aromatic carbocycles. The van der Waals surface area contributed by atoms with E-state index < -0.39 is 0 Å². The standard InChI is InChI=1S/C11H21NO2/c1-5-10(13)12-6-7-14-9(8-12)11(2,3)4/h9H,5-8H2,1-4H3. The maximum atomic E-state index is 11.5. The Bertz CT molecular complexity index is 208. The summed E-state index contributed by atoms with van der Waals surface area (Å²) in [6, 6.07) is 0. The fourth-order valence-electron chi connectivity index (χ4n) is 1.62. The summed E-state index contributed by atoms with van der Waals surface area (Å²) in [5.41, 5.74) is 0.118. The Morgan fingerprint density at radius 1 is 1.50 bits per heavy atom. The number of carbonyl (C=O) groups is 1. The summed E-state index contributed by atoms with van der Waals surface area (Å²) >= 11 is 0. The zero-order valence-electron chi connectivity index (χ0n) is 9.67. The second-order valence-corrected chi connectivity index (χ2v) is 4.92. The highest BCUT2D eigenvalue weighted by Crippen LogP contribution is 2.25. The molecule has 0 aliphatic carbocycles. The van der Waals surface area contributed by atoms with Gasteiger partial charge in [-0.3, -0.25) is 4.79 Å². The topological polar surface area (TPSA) is 29.5 Å². The molecule has 0 N–H and O–H groups in total. The van der Waals surface area contributed by atoms with Gasteiger partial charge in [-0.1, -0.05) is 27.7 Å². The molecule has 1 atom stereocenters. The van der Waals surface area contributed by atoms with E-state index in [2.05, 4.69) is 20.8 Å². The summed E-state index contributed by atoms with van der Waals surface area (Å²) in [7, 11) is 0. The van der Waals surface area contributed by atoms with Crippen molar-refractivity contribution in [2.24, 2.45) is 5.41 Å². The second-order valence-electron chi connectivity index (χ2n) is 4.92. The molecule has 1 aliphatic rings.